The van der Waals surface area contributed by atoms with Gasteiger partial charge in [-0.1, -0.05) is 6.07 Å². The van der Waals surface area contributed by atoms with Crippen molar-refractivity contribution < 1.29 is 18.3 Å². The van der Waals surface area contributed by atoms with Gasteiger partial charge in [-0.2, -0.15) is 5.10 Å². The molecule has 0 spiro atoms. The van der Waals surface area contributed by atoms with Crippen LogP contribution in [0.25, 0.3) is 0 Å². The molecule has 2 aromatic rings. The number of nitrogens with one attached hydrogen (secondary N) is 1. The smallest absolute Gasteiger partial charge is 0.283 e. The van der Waals surface area contributed by atoms with Crippen LogP contribution in [-0.4, -0.2) is 22.8 Å². The maximum Gasteiger partial charge on any atom is 0.283 e. The predicted molar refractivity (Wildman–Crippen MR) is 86.0 cm³/mol. The zero-order valence-electron chi connectivity index (χ0n) is 12.9. The molecule has 0 atom stereocenters. The second-order valence-electron chi connectivity index (χ2n) is 4.99. The standard InChI is InChI=1S/C15H16BrF2N3O2/c1-8-4-5-11(23-3)10(6-8)19-12(22)7-21-9(2)13(16)14(20-21)15(17)18/h4-6,15H,7H2,1-3H3,(H,19,22). The van der Waals surface area contributed by atoms with Crippen molar-refractivity contribution in [2.75, 3.05) is 12.4 Å². The molecule has 1 amide bonds. The van der Waals surface area contributed by atoms with Crippen molar-refractivity contribution >= 4 is 27.5 Å². The molecule has 1 N–H and O–H groups in total. The molecule has 5 nitrogen and oxygen atoms in total. The molecule has 124 valence electrons. The van der Waals surface area contributed by atoms with Gasteiger partial charge in [-0.05, 0) is 47.5 Å². The Kier molecular flexibility index (Phi) is 5.35. The van der Waals surface area contributed by atoms with Crippen LogP contribution in [0.3, 0.4) is 0 Å². The zero-order chi connectivity index (χ0) is 17.1. The molecule has 0 fully saturated rings. The SMILES string of the molecule is COc1ccc(C)cc1NC(=O)Cn1nc(C(F)F)c(Br)c1C. The van der Waals surface area contributed by atoms with Gasteiger partial charge in [0.2, 0.25) is 5.91 Å². The van der Waals surface area contributed by atoms with Crippen LogP contribution in [0.4, 0.5) is 14.5 Å². The summed E-state index contributed by atoms with van der Waals surface area (Å²) in [6.45, 7) is 3.33. The number of alkyl halides is 2. The molecule has 23 heavy (non-hydrogen) atoms. The quantitative estimate of drug-likeness (QED) is 0.847. The average Bonchev–Trinajstić information content (AvgIpc) is 2.76. The number of hydrogen-bond donors (Lipinski definition) is 1. The number of ether oxygens (including phenoxy) is 1. The van der Waals surface area contributed by atoms with Crippen LogP contribution in [-0.2, 0) is 11.3 Å². The molecule has 1 heterocycles. The van der Waals surface area contributed by atoms with Gasteiger partial charge in [-0.25, -0.2) is 8.78 Å². The van der Waals surface area contributed by atoms with Crippen molar-refractivity contribution in [2.24, 2.45) is 0 Å². The van der Waals surface area contributed by atoms with Crippen molar-refractivity contribution in [3.63, 3.8) is 0 Å². The molecule has 1 aromatic heterocycles. The number of benzene rings is 1. The number of rotatable bonds is 5. The van der Waals surface area contributed by atoms with Crippen molar-refractivity contribution in [3.8, 4) is 5.75 Å². The summed E-state index contributed by atoms with van der Waals surface area (Å²) in [6.07, 6.45) is -2.70. The van der Waals surface area contributed by atoms with E-state index in [2.05, 4.69) is 26.3 Å². The van der Waals surface area contributed by atoms with Gasteiger partial charge in [-0.3, -0.25) is 9.48 Å². The summed E-state index contributed by atoms with van der Waals surface area (Å²) in [7, 11) is 1.50. The number of amides is 1. The van der Waals surface area contributed by atoms with Crippen LogP contribution in [0.1, 0.15) is 23.4 Å². The van der Waals surface area contributed by atoms with Crippen LogP contribution in [0.15, 0.2) is 22.7 Å². The number of nitrogens with zero attached hydrogens (tertiary/aromatic N) is 2. The molecule has 0 saturated heterocycles. The Hall–Kier alpha value is -1.96. The highest BCUT2D eigenvalue weighted by Crippen LogP contribution is 2.29. The van der Waals surface area contributed by atoms with Gasteiger partial charge < -0.3 is 10.1 Å². The number of carbonyl (C=O) groups excluding carboxylic acids is 1. The molecule has 0 radical (unpaired) electrons. The van der Waals surface area contributed by atoms with Gasteiger partial charge >= 0.3 is 0 Å². The first-order chi connectivity index (χ1) is 10.8. The fourth-order valence-corrected chi connectivity index (χ4v) is 2.54. The Balaban J connectivity index is 2.18. The minimum atomic E-state index is -2.70. The van der Waals surface area contributed by atoms with E-state index in [0.717, 1.165) is 5.56 Å². The maximum absolute atomic E-state index is 12.8. The molecule has 8 heteroatoms. The maximum atomic E-state index is 12.8. The third kappa shape index (κ3) is 3.87. The molecule has 0 saturated carbocycles. The number of halogens is 3. The third-order valence-corrected chi connectivity index (χ3v) is 4.27. The first-order valence-electron chi connectivity index (χ1n) is 6.79. The molecular formula is C15H16BrF2N3O2. The van der Waals surface area contributed by atoms with E-state index in [1.54, 1.807) is 19.1 Å². The van der Waals surface area contributed by atoms with E-state index in [0.29, 0.717) is 17.1 Å². The lowest BCUT2D eigenvalue weighted by molar-refractivity contribution is -0.117. The number of aromatic nitrogens is 2. The largest absolute Gasteiger partial charge is 0.495 e. The topological polar surface area (TPSA) is 56.1 Å². The van der Waals surface area contributed by atoms with E-state index < -0.39 is 6.43 Å². The van der Waals surface area contributed by atoms with Gasteiger partial charge in [0.1, 0.15) is 18.0 Å². The van der Waals surface area contributed by atoms with E-state index in [4.69, 9.17) is 4.74 Å². The molecular weight excluding hydrogens is 372 g/mol. The predicted octanol–water partition coefficient (Wildman–Crippen LogP) is 3.85. The Morgan fingerprint density at radius 2 is 2.13 bits per heavy atom. The van der Waals surface area contributed by atoms with Crippen LogP contribution in [0, 0.1) is 13.8 Å². The summed E-state index contributed by atoms with van der Waals surface area (Å²) in [6, 6.07) is 5.38. The van der Waals surface area contributed by atoms with Gasteiger partial charge in [0.25, 0.3) is 6.43 Å². The second kappa shape index (κ2) is 7.08. The minimum Gasteiger partial charge on any atom is -0.495 e. The van der Waals surface area contributed by atoms with E-state index in [1.807, 2.05) is 13.0 Å². The highest BCUT2D eigenvalue weighted by molar-refractivity contribution is 9.10. The molecule has 0 bridgehead atoms. The van der Waals surface area contributed by atoms with E-state index >= 15 is 0 Å². The summed E-state index contributed by atoms with van der Waals surface area (Å²) in [5, 5.41) is 6.49. The average molecular weight is 388 g/mol. The lowest BCUT2D eigenvalue weighted by Crippen LogP contribution is -2.20. The van der Waals surface area contributed by atoms with Crippen LogP contribution in [0.5, 0.6) is 5.75 Å². The number of aryl methyl sites for hydroxylation is 1. The molecule has 1 aromatic carbocycles. The van der Waals surface area contributed by atoms with Gasteiger partial charge in [-0.15, -0.1) is 0 Å². The summed E-state index contributed by atoms with van der Waals surface area (Å²) < 4.78 is 32.3. The summed E-state index contributed by atoms with van der Waals surface area (Å²) in [5.74, 6) is 0.142. The number of anilines is 1. The Morgan fingerprint density at radius 1 is 1.43 bits per heavy atom. The van der Waals surface area contributed by atoms with Crippen molar-refractivity contribution in [3.05, 3.63) is 39.6 Å². The molecule has 0 unspecified atom stereocenters. The third-order valence-electron chi connectivity index (χ3n) is 3.29. The summed E-state index contributed by atoms with van der Waals surface area (Å²) in [4.78, 5) is 12.2. The molecule has 0 aliphatic carbocycles. The number of methoxy groups -OCH3 is 1. The minimum absolute atomic E-state index is 0.172. The Bertz CT molecular complexity index is 732. The lowest BCUT2D eigenvalue weighted by Gasteiger charge is -2.11. The van der Waals surface area contributed by atoms with Crippen LogP contribution < -0.4 is 10.1 Å². The van der Waals surface area contributed by atoms with Gasteiger partial charge in [0.15, 0.2) is 0 Å². The van der Waals surface area contributed by atoms with Crippen molar-refractivity contribution in [2.45, 2.75) is 26.8 Å². The molecule has 0 aliphatic rings. The second-order valence-corrected chi connectivity index (χ2v) is 5.79. The zero-order valence-corrected chi connectivity index (χ0v) is 14.4. The van der Waals surface area contributed by atoms with Gasteiger partial charge in [0, 0.05) is 0 Å². The normalized spacial score (nSPS) is 10.9. The van der Waals surface area contributed by atoms with Crippen molar-refractivity contribution in [1.82, 2.24) is 9.78 Å². The summed E-state index contributed by atoms with van der Waals surface area (Å²) >= 11 is 3.08. The van der Waals surface area contributed by atoms with E-state index in [-0.39, 0.29) is 22.6 Å². The monoisotopic (exact) mass is 387 g/mol. The van der Waals surface area contributed by atoms with E-state index in [1.165, 1.54) is 11.8 Å². The first kappa shape index (κ1) is 17.4. The first-order valence-corrected chi connectivity index (χ1v) is 7.58. The van der Waals surface area contributed by atoms with Crippen LogP contribution >= 0.6 is 15.9 Å². The fraction of sp³-hybridized carbons (Fsp3) is 0.333. The lowest BCUT2D eigenvalue weighted by atomic mass is 10.2. The fourth-order valence-electron chi connectivity index (χ4n) is 2.09. The molecule has 0 aliphatic heterocycles. The van der Waals surface area contributed by atoms with Crippen molar-refractivity contribution in [1.29, 1.82) is 0 Å². The Labute approximate surface area is 140 Å². The van der Waals surface area contributed by atoms with Crippen LogP contribution in [0.2, 0.25) is 0 Å². The number of hydrogen-bond acceptors (Lipinski definition) is 3. The highest BCUT2D eigenvalue weighted by atomic mass is 79.9. The highest BCUT2D eigenvalue weighted by Gasteiger charge is 2.21. The Morgan fingerprint density at radius 3 is 2.70 bits per heavy atom. The summed E-state index contributed by atoms with van der Waals surface area (Å²) in [5.41, 5.74) is 1.57. The molecule has 2 rings (SSSR count). The van der Waals surface area contributed by atoms with E-state index in [9.17, 15) is 13.6 Å². The number of carbonyl (C=O) groups is 1. The van der Waals surface area contributed by atoms with Gasteiger partial charge in [0.05, 0.1) is 23.0 Å².